The number of anilines is 1. The summed E-state index contributed by atoms with van der Waals surface area (Å²) in [5, 5.41) is 14.1. The number of hydrogen-bond acceptors (Lipinski definition) is 7. The van der Waals surface area contributed by atoms with Gasteiger partial charge in [-0.15, -0.1) is 5.10 Å². The Hall–Kier alpha value is -0.760. The van der Waals surface area contributed by atoms with Gasteiger partial charge in [0, 0.05) is 31.2 Å². The van der Waals surface area contributed by atoms with E-state index in [-0.39, 0.29) is 6.10 Å². The molecule has 0 bridgehead atoms. The summed E-state index contributed by atoms with van der Waals surface area (Å²) in [6.07, 6.45) is 0.638. The van der Waals surface area contributed by atoms with Crippen molar-refractivity contribution < 1.29 is 5.11 Å². The first-order valence-electron chi connectivity index (χ1n) is 4.48. The first-order chi connectivity index (χ1) is 6.79. The second-order valence-electron chi connectivity index (χ2n) is 3.37. The Morgan fingerprint density at radius 1 is 1.71 bits per heavy atom. The van der Waals surface area contributed by atoms with Crippen molar-refractivity contribution in [1.29, 1.82) is 0 Å². The summed E-state index contributed by atoms with van der Waals surface area (Å²) in [6.45, 7) is 2.32. The molecule has 4 N–H and O–H groups in total. The monoisotopic (exact) mass is 215 g/mol. The zero-order valence-corrected chi connectivity index (χ0v) is 8.50. The van der Waals surface area contributed by atoms with Crippen LogP contribution in [0.4, 0.5) is 5.00 Å². The minimum atomic E-state index is -0.198. The first-order valence-corrected chi connectivity index (χ1v) is 5.25. The molecule has 1 unspecified atom stereocenters. The van der Waals surface area contributed by atoms with Gasteiger partial charge in [0.15, 0.2) is 0 Å². The number of rotatable bonds is 3. The topological polar surface area (TPSA) is 87.3 Å². The summed E-state index contributed by atoms with van der Waals surface area (Å²) in [4.78, 5) is 2.14. The molecule has 7 heteroatoms. The second-order valence-corrected chi connectivity index (χ2v) is 4.12. The fraction of sp³-hybridized carbons (Fsp3) is 0.714. The number of aliphatic hydroxyl groups excluding tert-OH is 1. The lowest BCUT2D eigenvalue weighted by Crippen LogP contribution is -2.22. The molecule has 0 saturated carbocycles. The third-order valence-electron chi connectivity index (χ3n) is 2.31. The molecule has 2 rings (SSSR count). The Labute approximate surface area is 85.9 Å². The molecule has 1 fully saturated rings. The van der Waals surface area contributed by atoms with Crippen molar-refractivity contribution in [3.05, 3.63) is 5.69 Å². The summed E-state index contributed by atoms with van der Waals surface area (Å²) in [5.74, 6) is 5.31. The number of likely N-dealkylation sites (tertiary alicyclic amines) is 1. The van der Waals surface area contributed by atoms with E-state index in [0.717, 1.165) is 23.7 Å². The van der Waals surface area contributed by atoms with Crippen molar-refractivity contribution >= 4 is 16.5 Å². The van der Waals surface area contributed by atoms with Crippen molar-refractivity contribution in [3.63, 3.8) is 0 Å². The molecule has 14 heavy (non-hydrogen) atoms. The number of nitrogen functional groups attached to an aromatic ring is 1. The zero-order chi connectivity index (χ0) is 9.97. The highest BCUT2D eigenvalue weighted by Gasteiger charge is 2.21. The molecule has 0 spiro atoms. The van der Waals surface area contributed by atoms with Crippen molar-refractivity contribution in [1.82, 2.24) is 14.5 Å². The van der Waals surface area contributed by atoms with Crippen molar-refractivity contribution in [2.75, 3.05) is 18.5 Å². The molecule has 1 atom stereocenters. The smallest absolute Gasteiger partial charge is 0.148 e. The minimum absolute atomic E-state index is 0.198. The number of hydrazine groups is 1. The summed E-state index contributed by atoms with van der Waals surface area (Å²) in [7, 11) is 0. The predicted molar refractivity (Wildman–Crippen MR) is 53.6 cm³/mol. The summed E-state index contributed by atoms with van der Waals surface area (Å²) < 4.78 is 3.81. The van der Waals surface area contributed by atoms with Crippen LogP contribution in [0, 0.1) is 0 Å². The lowest BCUT2D eigenvalue weighted by atomic mass is 10.3. The maximum atomic E-state index is 9.34. The standard InChI is InChI=1S/C7H13N5OS/c8-9-7-6(10-11-14-7)4-12-2-1-5(13)3-12/h5,9,13H,1-4,8H2. The molecular formula is C7H13N5OS. The van der Waals surface area contributed by atoms with Crippen LogP contribution in [0.25, 0.3) is 0 Å². The lowest BCUT2D eigenvalue weighted by Gasteiger charge is -2.13. The fourth-order valence-corrected chi connectivity index (χ4v) is 2.07. The fourth-order valence-electron chi connectivity index (χ4n) is 1.59. The van der Waals surface area contributed by atoms with Crippen LogP contribution < -0.4 is 11.3 Å². The van der Waals surface area contributed by atoms with Gasteiger partial charge in [0.05, 0.1) is 6.10 Å². The summed E-state index contributed by atoms with van der Waals surface area (Å²) in [5.41, 5.74) is 3.42. The summed E-state index contributed by atoms with van der Waals surface area (Å²) >= 11 is 1.25. The number of aromatic nitrogens is 2. The van der Waals surface area contributed by atoms with E-state index in [0.29, 0.717) is 13.1 Å². The second kappa shape index (κ2) is 4.18. The Bertz CT molecular complexity index is 304. The third-order valence-corrected chi connectivity index (χ3v) is 3.01. The maximum Gasteiger partial charge on any atom is 0.148 e. The highest BCUT2D eigenvalue weighted by Crippen LogP contribution is 2.20. The molecule has 0 aromatic carbocycles. The van der Waals surface area contributed by atoms with Gasteiger partial charge in [0.25, 0.3) is 0 Å². The van der Waals surface area contributed by atoms with Crippen LogP contribution in [-0.4, -0.2) is 38.8 Å². The van der Waals surface area contributed by atoms with Crippen LogP contribution >= 0.6 is 11.5 Å². The summed E-state index contributed by atoms with van der Waals surface area (Å²) in [6, 6.07) is 0. The van der Waals surface area contributed by atoms with E-state index in [1.807, 2.05) is 0 Å². The number of nitrogens with one attached hydrogen (secondary N) is 1. The van der Waals surface area contributed by atoms with Gasteiger partial charge in [-0.1, -0.05) is 4.49 Å². The molecule has 0 amide bonds. The van der Waals surface area contributed by atoms with Crippen molar-refractivity contribution in [3.8, 4) is 0 Å². The Morgan fingerprint density at radius 2 is 2.57 bits per heavy atom. The molecular weight excluding hydrogens is 202 g/mol. The maximum absolute atomic E-state index is 9.34. The van der Waals surface area contributed by atoms with Gasteiger partial charge in [-0.2, -0.15) is 0 Å². The van der Waals surface area contributed by atoms with Crippen LogP contribution in [0.1, 0.15) is 12.1 Å². The van der Waals surface area contributed by atoms with Crippen molar-refractivity contribution in [2.45, 2.75) is 19.1 Å². The number of nitrogens with two attached hydrogens (primary N) is 1. The van der Waals surface area contributed by atoms with Crippen LogP contribution in [0.2, 0.25) is 0 Å². The van der Waals surface area contributed by atoms with E-state index in [4.69, 9.17) is 5.84 Å². The van der Waals surface area contributed by atoms with E-state index in [9.17, 15) is 5.11 Å². The van der Waals surface area contributed by atoms with E-state index >= 15 is 0 Å². The van der Waals surface area contributed by atoms with Gasteiger partial charge in [0.2, 0.25) is 0 Å². The SMILES string of the molecule is NNc1snnc1CN1CCC(O)C1. The van der Waals surface area contributed by atoms with Gasteiger partial charge in [-0.3, -0.25) is 4.90 Å². The van der Waals surface area contributed by atoms with E-state index in [2.05, 4.69) is 19.9 Å². The van der Waals surface area contributed by atoms with Crippen LogP contribution in [0.5, 0.6) is 0 Å². The van der Waals surface area contributed by atoms with Gasteiger partial charge in [-0.25, -0.2) is 5.84 Å². The molecule has 0 aliphatic carbocycles. The molecule has 1 saturated heterocycles. The van der Waals surface area contributed by atoms with Gasteiger partial charge in [0.1, 0.15) is 10.7 Å². The third kappa shape index (κ3) is 2.01. The number of nitrogens with zero attached hydrogens (tertiary/aromatic N) is 3. The number of β-amino-alcohol motifs (C(OH)–C–C–N with tert-alkyl or cyclic N) is 1. The Kier molecular flexibility index (Phi) is 2.92. The van der Waals surface area contributed by atoms with Gasteiger partial charge in [-0.05, 0) is 6.42 Å². The highest BCUT2D eigenvalue weighted by atomic mass is 32.1. The van der Waals surface area contributed by atoms with Crippen LogP contribution in [-0.2, 0) is 6.54 Å². The normalized spacial score (nSPS) is 22.9. The average Bonchev–Trinajstić information content (AvgIpc) is 2.76. The molecule has 1 aliphatic rings. The van der Waals surface area contributed by atoms with E-state index in [1.54, 1.807) is 0 Å². The number of hydrogen-bond donors (Lipinski definition) is 3. The Morgan fingerprint density at radius 3 is 3.21 bits per heavy atom. The van der Waals surface area contributed by atoms with Gasteiger partial charge >= 0.3 is 0 Å². The molecule has 1 aromatic heterocycles. The average molecular weight is 215 g/mol. The predicted octanol–water partition coefficient (Wildman–Crippen LogP) is -0.610. The quantitative estimate of drug-likeness (QED) is 0.460. The zero-order valence-electron chi connectivity index (χ0n) is 7.68. The van der Waals surface area contributed by atoms with Crippen LogP contribution in [0.15, 0.2) is 0 Å². The molecule has 78 valence electrons. The molecule has 1 aromatic rings. The largest absolute Gasteiger partial charge is 0.392 e. The van der Waals surface area contributed by atoms with E-state index < -0.39 is 0 Å². The van der Waals surface area contributed by atoms with E-state index in [1.165, 1.54) is 11.5 Å². The molecule has 0 radical (unpaired) electrons. The van der Waals surface area contributed by atoms with Gasteiger partial charge < -0.3 is 10.5 Å². The Balaban J connectivity index is 1.97. The highest BCUT2D eigenvalue weighted by molar-refractivity contribution is 7.10. The van der Waals surface area contributed by atoms with Crippen molar-refractivity contribution in [2.24, 2.45) is 5.84 Å². The number of aliphatic hydroxyl groups is 1. The molecule has 1 aliphatic heterocycles. The first kappa shape index (κ1) is 9.78. The minimum Gasteiger partial charge on any atom is -0.392 e. The molecule has 6 nitrogen and oxygen atoms in total. The molecule has 2 heterocycles. The van der Waals surface area contributed by atoms with Crippen LogP contribution in [0.3, 0.4) is 0 Å². The lowest BCUT2D eigenvalue weighted by molar-refractivity contribution is 0.174.